The molecule has 0 aromatic rings. The molecule has 4 nitrogen and oxygen atoms in total. The van der Waals surface area contributed by atoms with Gasteiger partial charge in [0, 0.05) is 24.9 Å². The van der Waals surface area contributed by atoms with Crippen molar-refractivity contribution in [3.05, 3.63) is 0 Å². The second-order valence-corrected chi connectivity index (χ2v) is 8.41. The van der Waals surface area contributed by atoms with E-state index in [0.717, 1.165) is 51.2 Å². The van der Waals surface area contributed by atoms with Gasteiger partial charge in [-0.25, -0.2) is 0 Å². The maximum absolute atomic E-state index is 6.10. The van der Waals surface area contributed by atoms with Crippen molar-refractivity contribution in [1.82, 2.24) is 10.6 Å². The lowest BCUT2D eigenvalue weighted by Gasteiger charge is -2.19. The molecule has 2 N–H and O–H groups in total. The molecule has 0 aromatic carbocycles. The van der Waals surface area contributed by atoms with Gasteiger partial charge in [0.1, 0.15) is 0 Å². The number of hydrogen-bond acceptors (Lipinski definition) is 4. The molecule has 2 aliphatic heterocycles. The second kappa shape index (κ2) is 10.7. The Kier molecular flexibility index (Phi) is 9.02. The third-order valence-corrected chi connectivity index (χ3v) is 5.48. The normalized spacial score (nSPS) is 30.9. The Bertz CT molecular complexity index is 338. The van der Waals surface area contributed by atoms with Gasteiger partial charge in [-0.2, -0.15) is 0 Å². The zero-order valence-corrected chi connectivity index (χ0v) is 16.4. The van der Waals surface area contributed by atoms with Crippen LogP contribution in [-0.2, 0) is 9.47 Å². The molecular formula is C20H40N2O2. The third kappa shape index (κ3) is 6.29. The second-order valence-electron chi connectivity index (χ2n) is 8.41. The average Bonchev–Trinajstić information content (AvgIpc) is 3.10. The topological polar surface area (TPSA) is 42.5 Å². The van der Waals surface area contributed by atoms with E-state index in [0.29, 0.717) is 24.0 Å². The summed E-state index contributed by atoms with van der Waals surface area (Å²) in [6.07, 6.45) is 5.77. The van der Waals surface area contributed by atoms with Gasteiger partial charge in [0.15, 0.2) is 0 Å². The molecule has 0 radical (unpaired) electrons. The number of nitrogens with one attached hydrogen (secondary N) is 2. The van der Waals surface area contributed by atoms with Crippen molar-refractivity contribution in [2.24, 2.45) is 23.7 Å². The summed E-state index contributed by atoms with van der Waals surface area (Å²) >= 11 is 0. The summed E-state index contributed by atoms with van der Waals surface area (Å²) in [5.74, 6) is 2.62. The highest BCUT2D eigenvalue weighted by Gasteiger charge is 2.46. The van der Waals surface area contributed by atoms with E-state index in [4.69, 9.17) is 9.47 Å². The molecule has 0 amide bonds. The third-order valence-electron chi connectivity index (χ3n) is 5.48. The highest BCUT2D eigenvalue weighted by molar-refractivity contribution is 4.95. The Hall–Kier alpha value is -0.160. The molecule has 0 aliphatic carbocycles. The van der Waals surface area contributed by atoms with Gasteiger partial charge in [0.2, 0.25) is 0 Å². The fourth-order valence-corrected chi connectivity index (χ4v) is 4.04. The molecule has 0 spiro atoms. The number of hydrogen-bond donors (Lipinski definition) is 2. The van der Waals surface area contributed by atoms with Gasteiger partial charge in [-0.3, -0.25) is 0 Å². The molecule has 142 valence electrons. The van der Waals surface area contributed by atoms with E-state index < -0.39 is 0 Å². The van der Waals surface area contributed by atoms with Gasteiger partial charge >= 0.3 is 0 Å². The van der Waals surface area contributed by atoms with Crippen LogP contribution in [0.2, 0.25) is 0 Å². The average molecular weight is 341 g/mol. The first-order chi connectivity index (χ1) is 11.6. The SMILES string of the molecule is CCCC(C)CNCC1COC2C(CNCCCC(C)C)COC12. The number of ether oxygens (including phenoxy) is 2. The Balaban J connectivity index is 1.61. The summed E-state index contributed by atoms with van der Waals surface area (Å²) in [6, 6.07) is 0. The Morgan fingerprint density at radius 3 is 2.12 bits per heavy atom. The highest BCUT2D eigenvalue weighted by atomic mass is 16.6. The minimum atomic E-state index is 0.307. The van der Waals surface area contributed by atoms with Crippen LogP contribution in [0.25, 0.3) is 0 Å². The van der Waals surface area contributed by atoms with E-state index in [1.807, 2.05) is 0 Å². The van der Waals surface area contributed by atoms with E-state index in [1.165, 1.54) is 25.7 Å². The van der Waals surface area contributed by atoms with Crippen LogP contribution in [0.1, 0.15) is 53.4 Å². The molecule has 2 heterocycles. The molecule has 0 bridgehead atoms. The zero-order chi connectivity index (χ0) is 17.4. The van der Waals surface area contributed by atoms with Crippen LogP contribution in [0, 0.1) is 23.7 Å². The van der Waals surface area contributed by atoms with Crippen molar-refractivity contribution < 1.29 is 9.47 Å². The van der Waals surface area contributed by atoms with Crippen LogP contribution < -0.4 is 10.6 Å². The Morgan fingerprint density at radius 2 is 1.54 bits per heavy atom. The summed E-state index contributed by atoms with van der Waals surface area (Å²) in [4.78, 5) is 0. The summed E-state index contributed by atoms with van der Waals surface area (Å²) in [6.45, 7) is 15.2. The summed E-state index contributed by atoms with van der Waals surface area (Å²) < 4.78 is 12.2. The van der Waals surface area contributed by atoms with Gasteiger partial charge in [0.05, 0.1) is 25.4 Å². The lowest BCUT2D eigenvalue weighted by molar-refractivity contribution is 0.0603. The molecule has 0 saturated carbocycles. The van der Waals surface area contributed by atoms with E-state index >= 15 is 0 Å². The molecule has 24 heavy (non-hydrogen) atoms. The van der Waals surface area contributed by atoms with Crippen LogP contribution in [0.5, 0.6) is 0 Å². The molecule has 2 fully saturated rings. The van der Waals surface area contributed by atoms with Gasteiger partial charge < -0.3 is 20.1 Å². The number of fused-ring (bicyclic) bond motifs is 1. The fraction of sp³-hybridized carbons (Fsp3) is 1.00. The van der Waals surface area contributed by atoms with Crippen molar-refractivity contribution in [2.45, 2.75) is 65.6 Å². The van der Waals surface area contributed by atoms with Crippen molar-refractivity contribution >= 4 is 0 Å². The Morgan fingerprint density at radius 1 is 0.917 bits per heavy atom. The largest absolute Gasteiger partial charge is 0.375 e. The predicted molar refractivity (Wildman–Crippen MR) is 100 cm³/mol. The van der Waals surface area contributed by atoms with Crippen LogP contribution in [-0.4, -0.2) is 51.6 Å². The van der Waals surface area contributed by atoms with Crippen molar-refractivity contribution in [3.8, 4) is 0 Å². The molecule has 2 aliphatic rings. The first kappa shape index (κ1) is 20.2. The van der Waals surface area contributed by atoms with Crippen LogP contribution >= 0.6 is 0 Å². The molecule has 2 saturated heterocycles. The summed E-state index contributed by atoms with van der Waals surface area (Å²) in [5.41, 5.74) is 0. The number of rotatable bonds is 12. The molecule has 5 unspecified atom stereocenters. The first-order valence-electron chi connectivity index (χ1n) is 10.3. The fourth-order valence-electron chi connectivity index (χ4n) is 4.04. The molecule has 0 aromatic heterocycles. The summed E-state index contributed by atoms with van der Waals surface area (Å²) in [5, 5.41) is 7.24. The van der Waals surface area contributed by atoms with Gasteiger partial charge in [0.25, 0.3) is 0 Å². The Labute approximate surface area is 149 Å². The lowest BCUT2D eigenvalue weighted by atomic mass is 9.96. The van der Waals surface area contributed by atoms with Crippen molar-refractivity contribution in [1.29, 1.82) is 0 Å². The maximum Gasteiger partial charge on any atom is 0.0903 e. The lowest BCUT2D eigenvalue weighted by Crippen LogP contribution is -2.36. The standard InChI is InChI=1S/C20H40N2O2/c1-5-7-16(4)10-22-12-18-14-24-19-17(13-23-20(18)19)11-21-9-6-8-15(2)3/h15-22H,5-14H2,1-4H3. The van der Waals surface area contributed by atoms with E-state index in [2.05, 4.69) is 38.3 Å². The van der Waals surface area contributed by atoms with Gasteiger partial charge in [-0.15, -0.1) is 0 Å². The predicted octanol–water partition coefficient (Wildman–Crippen LogP) is 3.07. The summed E-state index contributed by atoms with van der Waals surface area (Å²) in [7, 11) is 0. The van der Waals surface area contributed by atoms with E-state index in [9.17, 15) is 0 Å². The first-order valence-corrected chi connectivity index (χ1v) is 10.3. The van der Waals surface area contributed by atoms with E-state index in [1.54, 1.807) is 0 Å². The monoisotopic (exact) mass is 340 g/mol. The van der Waals surface area contributed by atoms with Gasteiger partial charge in [-0.1, -0.05) is 34.1 Å². The van der Waals surface area contributed by atoms with Gasteiger partial charge in [-0.05, 0) is 44.2 Å². The van der Waals surface area contributed by atoms with Crippen LogP contribution in [0.4, 0.5) is 0 Å². The minimum Gasteiger partial charge on any atom is -0.375 e. The van der Waals surface area contributed by atoms with Crippen molar-refractivity contribution in [3.63, 3.8) is 0 Å². The van der Waals surface area contributed by atoms with Crippen LogP contribution in [0.15, 0.2) is 0 Å². The molecule has 2 rings (SSSR count). The minimum absolute atomic E-state index is 0.307. The van der Waals surface area contributed by atoms with Crippen LogP contribution in [0.3, 0.4) is 0 Å². The zero-order valence-electron chi connectivity index (χ0n) is 16.4. The highest BCUT2D eigenvalue weighted by Crippen LogP contribution is 2.34. The van der Waals surface area contributed by atoms with E-state index in [-0.39, 0.29) is 0 Å². The quantitative estimate of drug-likeness (QED) is 0.536. The smallest absolute Gasteiger partial charge is 0.0903 e. The molecule has 5 atom stereocenters. The molecular weight excluding hydrogens is 300 g/mol. The van der Waals surface area contributed by atoms with Crippen molar-refractivity contribution in [2.75, 3.05) is 39.4 Å². The molecule has 4 heteroatoms. The maximum atomic E-state index is 6.10.